The molecule has 0 aliphatic heterocycles. The summed E-state index contributed by atoms with van der Waals surface area (Å²) in [6.07, 6.45) is 3.71. The van der Waals surface area contributed by atoms with Crippen molar-refractivity contribution in [3.05, 3.63) is 134 Å². The van der Waals surface area contributed by atoms with Crippen LogP contribution in [0.5, 0.6) is 0 Å². The summed E-state index contributed by atoms with van der Waals surface area (Å²) in [6.45, 7) is 0. The molecule has 0 saturated carbocycles. The Balaban J connectivity index is 1.16. The van der Waals surface area contributed by atoms with Crippen molar-refractivity contribution < 1.29 is 8.83 Å². The third-order valence-corrected chi connectivity index (χ3v) is 9.40. The van der Waals surface area contributed by atoms with Gasteiger partial charge in [-0.25, -0.2) is 0 Å². The van der Waals surface area contributed by atoms with E-state index in [0.717, 1.165) is 99.1 Å². The van der Waals surface area contributed by atoms with Crippen LogP contribution in [0.1, 0.15) is 0 Å². The lowest BCUT2D eigenvalue weighted by molar-refractivity contribution is 0.656. The average molecular weight is 591 g/mol. The van der Waals surface area contributed by atoms with Gasteiger partial charge >= 0.3 is 0 Å². The van der Waals surface area contributed by atoms with Gasteiger partial charge < -0.3 is 18.0 Å². The van der Waals surface area contributed by atoms with E-state index in [1.807, 2.05) is 30.6 Å². The summed E-state index contributed by atoms with van der Waals surface area (Å²) in [5.41, 5.74) is 11.8. The van der Waals surface area contributed by atoms with Gasteiger partial charge in [0.1, 0.15) is 22.3 Å². The van der Waals surface area contributed by atoms with Crippen LogP contribution in [0.3, 0.4) is 0 Å². The van der Waals surface area contributed by atoms with Crippen LogP contribution >= 0.6 is 0 Å². The van der Waals surface area contributed by atoms with Crippen LogP contribution in [0.4, 0.5) is 0 Å². The maximum Gasteiger partial charge on any atom is 0.139 e. The summed E-state index contributed by atoms with van der Waals surface area (Å²) in [7, 11) is 0. The molecule has 0 aliphatic rings. The molecule has 46 heavy (non-hydrogen) atoms. The fourth-order valence-electron chi connectivity index (χ4n) is 7.42. The summed E-state index contributed by atoms with van der Waals surface area (Å²) in [4.78, 5) is 9.44. The number of furan rings is 2. The molecule has 0 spiro atoms. The van der Waals surface area contributed by atoms with Gasteiger partial charge in [-0.3, -0.25) is 9.97 Å². The average Bonchev–Trinajstić information content (AvgIpc) is 3.84. The number of benzene rings is 5. The maximum absolute atomic E-state index is 6.39. The second-order valence-electron chi connectivity index (χ2n) is 11.9. The molecule has 11 rings (SSSR count). The van der Waals surface area contributed by atoms with Crippen molar-refractivity contribution in [3.63, 3.8) is 0 Å². The first kappa shape index (κ1) is 24.0. The lowest BCUT2D eigenvalue weighted by Gasteiger charge is -2.08. The van der Waals surface area contributed by atoms with E-state index < -0.39 is 0 Å². The first-order chi connectivity index (χ1) is 22.8. The molecule has 6 heterocycles. The Labute approximate surface area is 260 Å². The highest BCUT2D eigenvalue weighted by atomic mass is 16.3. The predicted molar refractivity (Wildman–Crippen MR) is 185 cm³/mol. The molecule has 0 aliphatic carbocycles. The summed E-state index contributed by atoms with van der Waals surface area (Å²) >= 11 is 0. The second kappa shape index (κ2) is 8.61. The van der Waals surface area contributed by atoms with Crippen molar-refractivity contribution in [1.82, 2.24) is 19.1 Å². The van der Waals surface area contributed by atoms with E-state index in [4.69, 9.17) is 18.8 Å². The van der Waals surface area contributed by atoms with Crippen LogP contribution in [0.2, 0.25) is 0 Å². The molecule has 0 bridgehead atoms. The zero-order valence-corrected chi connectivity index (χ0v) is 24.3. The normalized spacial score (nSPS) is 12.3. The molecule has 0 unspecified atom stereocenters. The summed E-state index contributed by atoms with van der Waals surface area (Å²) in [5.74, 6) is 0. The molecule has 11 aromatic rings. The standard InChI is InChI=1S/C40H22N4O2/c1-3-9-31-25(7-1)39-33(11-5-17-41-39)43(31)23-13-15-35-27(19-23)29-21-30-28-20-24(14-16-36(28)46-38(30)22-37(29)45-35)44-32-10-4-2-8-26(32)40-34(44)12-6-18-42-40/h1-22H. The monoisotopic (exact) mass is 590 g/mol. The number of nitrogens with zero attached hydrogens (tertiary/aromatic N) is 4. The van der Waals surface area contributed by atoms with Gasteiger partial charge in [-0.05, 0) is 78.9 Å². The molecule has 6 nitrogen and oxygen atoms in total. The zero-order chi connectivity index (χ0) is 29.9. The zero-order valence-electron chi connectivity index (χ0n) is 24.3. The van der Waals surface area contributed by atoms with E-state index >= 15 is 0 Å². The Morgan fingerprint density at radius 3 is 1.35 bits per heavy atom. The van der Waals surface area contributed by atoms with Gasteiger partial charge in [-0.1, -0.05) is 36.4 Å². The van der Waals surface area contributed by atoms with Crippen molar-refractivity contribution in [2.75, 3.05) is 0 Å². The fourth-order valence-corrected chi connectivity index (χ4v) is 7.42. The van der Waals surface area contributed by atoms with E-state index in [1.165, 1.54) is 0 Å². The Morgan fingerprint density at radius 2 is 0.826 bits per heavy atom. The lowest BCUT2D eigenvalue weighted by Crippen LogP contribution is -1.93. The SMILES string of the molecule is c1ccc2c(c1)c1ncccc1n2-c1ccc2oc3cc4oc5ccc(-n6c7ccccc7c7ncccc76)cc5c4cc3c2c1. The molecule has 0 radical (unpaired) electrons. The molecular formula is C40H22N4O2. The largest absolute Gasteiger partial charge is 0.456 e. The number of pyridine rings is 2. The molecule has 0 atom stereocenters. The van der Waals surface area contributed by atoms with Crippen LogP contribution in [-0.2, 0) is 0 Å². The van der Waals surface area contributed by atoms with Crippen LogP contribution < -0.4 is 0 Å². The van der Waals surface area contributed by atoms with Crippen molar-refractivity contribution in [3.8, 4) is 11.4 Å². The maximum atomic E-state index is 6.39. The summed E-state index contributed by atoms with van der Waals surface area (Å²) < 4.78 is 17.4. The summed E-state index contributed by atoms with van der Waals surface area (Å²) in [5, 5.41) is 6.49. The minimum Gasteiger partial charge on any atom is -0.456 e. The first-order valence-electron chi connectivity index (χ1n) is 15.3. The highest BCUT2D eigenvalue weighted by Crippen LogP contribution is 2.40. The minimum atomic E-state index is 0.802. The van der Waals surface area contributed by atoms with Crippen LogP contribution in [0, 0.1) is 0 Å². The Kier molecular flexibility index (Phi) is 4.49. The second-order valence-corrected chi connectivity index (χ2v) is 11.9. The van der Waals surface area contributed by atoms with Gasteiger partial charge in [-0.15, -0.1) is 0 Å². The van der Waals surface area contributed by atoms with Crippen molar-refractivity contribution in [2.45, 2.75) is 0 Å². The Bertz CT molecular complexity index is 2740. The lowest BCUT2D eigenvalue weighted by atomic mass is 10.1. The number of para-hydroxylation sites is 2. The van der Waals surface area contributed by atoms with Gasteiger partial charge in [0.05, 0.1) is 33.1 Å². The van der Waals surface area contributed by atoms with E-state index in [1.54, 1.807) is 0 Å². The molecule has 214 valence electrons. The number of hydrogen-bond acceptors (Lipinski definition) is 4. The molecular weight excluding hydrogens is 568 g/mol. The van der Waals surface area contributed by atoms with Gasteiger partial charge in [-0.2, -0.15) is 0 Å². The molecule has 6 aromatic heterocycles. The Morgan fingerprint density at radius 1 is 0.370 bits per heavy atom. The number of aromatic nitrogens is 4. The van der Waals surface area contributed by atoms with Gasteiger partial charge in [0.25, 0.3) is 0 Å². The van der Waals surface area contributed by atoms with E-state index in [0.29, 0.717) is 0 Å². The number of hydrogen-bond donors (Lipinski definition) is 0. The fraction of sp³-hybridized carbons (Fsp3) is 0. The summed E-state index contributed by atoms with van der Waals surface area (Å²) in [6, 6.07) is 42.2. The van der Waals surface area contributed by atoms with E-state index in [-0.39, 0.29) is 0 Å². The molecule has 6 heteroatoms. The quantitative estimate of drug-likeness (QED) is 0.201. The Hall–Kier alpha value is -6.40. The smallest absolute Gasteiger partial charge is 0.139 e. The topological polar surface area (TPSA) is 61.9 Å². The molecule has 5 aromatic carbocycles. The highest BCUT2D eigenvalue weighted by molar-refractivity contribution is 6.16. The van der Waals surface area contributed by atoms with Crippen LogP contribution in [0.15, 0.2) is 143 Å². The van der Waals surface area contributed by atoms with Crippen LogP contribution in [-0.4, -0.2) is 19.1 Å². The highest BCUT2D eigenvalue weighted by Gasteiger charge is 2.18. The van der Waals surface area contributed by atoms with Crippen LogP contribution in [0.25, 0.3) is 99.1 Å². The third-order valence-electron chi connectivity index (χ3n) is 9.40. The van der Waals surface area contributed by atoms with Crippen molar-refractivity contribution in [2.24, 2.45) is 0 Å². The predicted octanol–water partition coefficient (Wildman–Crippen LogP) is 10.5. The molecule has 0 amide bonds. The van der Waals surface area contributed by atoms with Gasteiger partial charge in [0.2, 0.25) is 0 Å². The van der Waals surface area contributed by atoms with Gasteiger partial charge in [0.15, 0.2) is 0 Å². The molecule has 0 N–H and O–H groups in total. The first-order valence-corrected chi connectivity index (χ1v) is 15.3. The van der Waals surface area contributed by atoms with E-state index in [2.05, 4.69) is 112 Å². The number of rotatable bonds is 2. The van der Waals surface area contributed by atoms with Gasteiger partial charge in [0, 0.05) is 62.2 Å². The number of fused-ring (bicyclic) bond motifs is 12. The minimum absolute atomic E-state index is 0.802. The third kappa shape index (κ3) is 3.09. The van der Waals surface area contributed by atoms with Crippen molar-refractivity contribution in [1.29, 1.82) is 0 Å². The van der Waals surface area contributed by atoms with E-state index in [9.17, 15) is 0 Å². The van der Waals surface area contributed by atoms with Crippen molar-refractivity contribution >= 4 is 87.7 Å². The molecule has 0 fully saturated rings. The molecule has 0 saturated heterocycles.